The summed E-state index contributed by atoms with van der Waals surface area (Å²) in [4.78, 5) is 11.7. The van der Waals surface area contributed by atoms with Crippen molar-refractivity contribution < 1.29 is 36.2 Å². The molecule has 0 heterocycles. The van der Waals surface area contributed by atoms with Gasteiger partial charge in [0, 0.05) is 18.7 Å². The Bertz CT molecular complexity index is 507. The zero-order valence-electron chi connectivity index (χ0n) is 11.9. The Labute approximate surface area is 128 Å². The number of aliphatic hydroxyl groups excluding tert-OH is 1. The van der Waals surface area contributed by atoms with Crippen LogP contribution in [-0.4, -0.2) is 24.2 Å². The highest BCUT2D eigenvalue weighted by molar-refractivity contribution is 5.94. The normalized spacial score (nSPS) is 12.3. The van der Waals surface area contributed by atoms with Crippen LogP contribution < -0.4 is 5.32 Å². The highest BCUT2D eigenvalue weighted by Gasteiger charge is 2.37. The fourth-order valence-electron chi connectivity index (χ4n) is 1.80. The van der Waals surface area contributed by atoms with Gasteiger partial charge >= 0.3 is 12.4 Å². The molecule has 0 saturated carbocycles. The van der Waals surface area contributed by atoms with Gasteiger partial charge in [-0.05, 0) is 37.5 Å². The van der Waals surface area contributed by atoms with Crippen molar-refractivity contribution in [3.05, 3.63) is 34.9 Å². The SMILES string of the molecule is O=C(NCCCCCO)c1cc(C(F)(F)F)cc(C(F)(F)F)c1. The summed E-state index contributed by atoms with van der Waals surface area (Å²) in [6, 6.07) is 0.745. The maximum absolute atomic E-state index is 12.7. The molecule has 0 fully saturated rings. The van der Waals surface area contributed by atoms with Crippen LogP contribution in [0.1, 0.15) is 40.7 Å². The van der Waals surface area contributed by atoms with E-state index in [-0.39, 0.29) is 19.2 Å². The third kappa shape index (κ3) is 6.09. The molecule has 0 unspecified atom stereocenters. The van der Waals surface area contributed by atoms with Crippen molar-refractivity contribution in [2.45, 2.75) is 31.6 Å². The Morgan fingerprint density at radius 1 is 0.913 bits per heavy atom. The minimum Gasteiger partial charge on any atom is -0.396 e. The fourth-order valence-corrected chi connectivity index (χ4v) is 1.80. The molecule has 9 heteroatoms. The molecule has 1 rings (SSSR count). The van der Waals surface area contributed by atoms with Gasteiger partial charge in [0.15, 0.2) is 0 Å². The van der Waals surface area contributed by atoms with Crippen LogP contribution in [0, 0.1) is 0 Å². The molecule has 0 bridgehead atoms. The number of amides is 1. The first-order valence-corrected chi connectivity index (χ1v) is 6.74. The van der Waals surface area contributed by atoms with Crippen LogP contribution in [0.25, 0.3) is 0 Å². The standard InChI is InChI=1S/C14H15F6NO2/c15-13(16,17)10-6-9(7-11(8-10)14(18,19)20)12(23)21-4-2-1-3-5-22/h6-8,22H,1-5H2,(H,21,23). The van der Waals surface area contributed by atoms with Crippen molar-refractivity contribution in [3.8, 4) is 0 Å². The number of carbonyl (C=O) groups is 1. The van der Waals surface area contributed by atoms with Crippen LogP contribution in [0.4, 0.5) is 26.3 Å². The molecule has 3 nitrogen and oxygen atoms in total. The van der Waals surface area contributed by atoms with Crippen molar-refractivity contribution in [1.82, 2.24) is 5.32 Å². The van der Waals surface area contributed by atoms with Gasteiger partial charge in [-0.3, -0.25) is 4.79 Å². The largest absolute Gasteiger partial charge is 0.416 e. The minimum absolute atomic E-state index is 0.0297. The van der Waals surface area contributed by atoms with E-state index < -0.39 is 35.0 Å². The summed E-state index contributed by atoms with van der Waals surface area (Å²) in [6.07, 6.45) is -8.45. The number of aliphatic hydroxyl groups is 1. The van der Waals surface area contributed by atoms with Crippen LogP contribution in [0.2, 0.25) is 0 Å². The number of benzene rings is 1. The minimum atomic E-state index is -4.99. The number of hydrogen-bond acceptors (Lipinski definition) is 2. The number of carbonyl (C=O) groups excluding carboxylic acids is 1. The topological polar surface area (TPSA) is 49.3 Å². The Kier molecular flexibility index (Phi) is 6.43. The van der Waals surface area contributed by atoms with Gasteiger partial charge < -0.3 is 10.4 Å². The molecule has 0 saturated heterocycles. The van der Waals surface area contributed by atoms with E-state index in [0.717, 1.165) is 0 Å². The lowest BCUT2D eigenvalue weighted by molar-refractivity contribution is -0.143. The van der Waals surface area contributed by atoms with Gasteiger partial charge in [0.25, 0.3) is 5.91 Å². The van der Waals surface area contributed by atoms with Gasteiger partial charge in [-0.2, -0.15) is 26.3 Å². The molecule has 2 N–H and O–H groups in total. The predicted octanol–water partition coefficient (Wildman–Crippen LogP) is 3.62. The average Bonchev–Trinajstić information content (AvgIpc) is 2.44. The molecule has 0 radical (unpaired) electrons. The Morgan fingerprint density at radius 2 is 1.43 bits per heavy atom. The number of nitrogens with one attached hydrogen (secondary N) is 1. The van der Waals surface area contributed by atoms with Crippen molar-refractivity contribution in [3.63, 3.8) is 0 Å². The number of rotatable bonds is 6. The maximum Gasteiger partial charge on any atom is 0.416 e. The van der Waals surface area contributed by atoms with E-state index in [9.17, 15) is 31.1 Å². The molecule has 23 heavy (non-hydrogen) atoms. The molecular formula is C14H15F6NO2. The smallest absolute Gasteiger partial charge is 0.396 e. The lowest BCUT2D eigenvalue weighted by Gasteiger charge is -2.14. The maximum atomic E-state index is 12.7. The second kappa shape index (κ2) is 7.67. The van der Waals surface area contributed by atoms with Crippen LogP contribution >= 0.6 is 0 Å². The van der Waals surface area contributed by atoms with E-state index in [1.807, 2.05) is 0 Å². The Hall–Kier alpha value is -1.77. The molecule has 0 atom stereocenters. The molecule has 0 aliphatic rings. The van der Waals surface area contributed by atoms with Gasteiger partial charge in [-0.15, -0.1) is 0 Å². The molecule has 130 valence electrons. The summed E-state index contributed by atoms with van der Waals surface area (Å²) >= 11 is 0. The zero-order valence-corrected chi connectivity index (χ0v) is 11.9. The second-order valence-electron chi connectivity index (χ2n) is 4.83. The summed E-state index contributed by atoms with van der Waals surface area (Å²) in [5, 5.41) is 10.8. The molecule has 1 amide bonds. The van der Waals surface area contributed by atoms with E-state index >= 15 is 0 Å². The predicted molar refractivity (Wildman–Crippen MR) is 69.7 cm³/mol. The van der Waals surface area contributed by atoms with E-state index in [1.54, 1.807) is 0 Å². The van der Waals surface area contributed by atoms with Crippen molar-refractivity contribution >= 4 is 5.91 Å². The van der Waals surface area contributed by atoms with Gasteiger partial charge in [0.1, 0.15) is 0 Å². The number of alkyl halides is 6. The fraction of sp³-hybridized carbons (Fsp3) is 0.500. The molecule has 0 spiro atoms. The summed E-state index contributed by atoms with van der Waals surface area (Å²) in [6.45, 7) is 0.0624. The molecule has 0 aliphatic heterocycles. The second-order valence-corrected chi connectivity index (χ2v) is 4.83. The number of halogens is 6. The van der Waals surface area contributed by atoms with Gasteiger partial charge in [0.2, 0.25) is 0 Å². The molecule has 0 aliphatic carbocycles. The van der Waals surface area contributed by atoms with E-state index in [2.05, 4.69) is 5.32 Å². The Morgan fingerprint density at radius 3 is 1.87 bits per heavy atom. The highest BCUT2D eigenvalue weighted by atomic mass is 19.4. The van der Waals surface area contributed by atoms with Gasteiger partial charge in [0.05, 0.1) is 11.1 Å². The van der Waals surface area contributed by atoms with E-state index in [4.69, 9.17) is 5.11 Å². The van der Waals surface area contributed by atoms with Crippen molar-refractivity contribution in [2.75, 3.05) is 13.2 Å². The summed E-state index contributed by atoms with van der Waals surface area (Å²) in [5.41, 5.74) is -3.76. The van der Waals surface area contributed by atoms with E-state index in [0.29, 0.717) is 31.4 Å². The first-order chi connectivity index (χ1) is 10.6. The first-order valence-electron chi connectivity index (χ1n) is 6.74. The summed E-state index contributed by atoms with van der Waals surface area (Å²) in [5.74, 6) is -1.01. The van der Waals surface area contributed by atoms with E-state index in [1.165, 1.54) is 0 Å². The van der Waals surface area contributed by atoms with Crippen molar-refractivity contribution in [2.24, 2.45) is 0 Å². The first kappa shape index (κ1) is 19.3. The highest BCUT2D eigenvalue weighted by Crippen LogP contribution is 2.36. The van der Waals surface area contributed by atoms with Crippen LogP contribution in [-0.2, 0) is 12.4 Å². The quantitative estimate of drug-likeness (QED) is 0.612. The lowest BCUT2D eigenvalue weighted by atomic mass is 10.0. The summed E-state index contributed by atoms with van der Waals surface area (Å²) in [7, 11) is 0. The van der Waals surface area contributed by atoms with Gasteiger partial charge in [-0.25, -0.2) is 0 Å². The van der Waals surface area contributed by atoms with Crippen LogP contribution in [0.3, 0.4) is 0 Å². The average molecular weight is 343 g/mol. The molecule has 1 aromatic rings. The Balaban J connectivity index is 2.94. The summed E-state index contributed by atoms with van der Waals surface area (Å²) < 4.78 is 76.0. The zero-order chi connectivity index (χ0) is 17.7. The lowest BCUT2D eigenvalue weighted by Crippen LogP contribution is -2.25. The monoisotopic (exact) mass is 343 g/mol. The van der Waals surface area contributed by atoms with Crippen LogP contribution in [0.5, 0.6) is 0 Å². The molecule has 0 aromatic heterocycles. The van der Waals surface area contributed by atoms with Gasteiger partial charge in [-0.1, -0.05) is 0 Å². The third-order valence-corrected chi connectivity index (χ3v) is 2.97. The molecule has 1 aromatic carbocycles. The number of hydrogen-bond donors (Lipinski definition) is 2. The van der Waals surface area contributed by atoms with Crippen molar-refractivity contribution in [1.29, 1.82) is 0 Å². The number of unbranched alkanes of at least 4 members (excludes halogenated alkanes) is 2. The molecular weight excluding hydrogens is 328 g/mol. The van der Waals surface area contributed by atoms with Crippen LogP contribution in [0.15, 0.2) is 18.2 Å². The third-order valence-electron chi connectivity index (χ3n) is 2.97.